The van der Waals surface area contributed by atoms with Gasteiger partial charge >= 0.3 is 0 Å². The monoisotopic (exact) mass is 237 g/mol. The van der Waals surface area contributed by atoms with Crippen LogP contribution < -0.4 is 5.73 Å². The van der Waals surface area contributed by atoms with E-state index in [-0.39, 0.29) is 5.60 Å². The molecule has 96 valence electrons. The van der Waals surface area contributed by atoms with Gasteiger partial charge in [0.15, 0.2) is 0 Å². The SMILES string of the molecule is CC(C)(C)OCCOCCc1ccccc1N. The lowest BCUT2D eigenvalue weighted by molar-refractivity contribution is -0.0344. The van der Waals surface area contributed by atoms with E-state index in [1.807, 2.05) is 45.0 Å². The first-order valence-corrected chi connectivity index (χ1v) is 6.04. The zero-order valence-corrected chi connectivity index (χ0v) is 11.0. The molecule has 0 saturated heterocycles. The minimum absolute atomic E-state index is 0.0901. The van der Waals surface area contributed by atoms with Crippen LogP contribution in [0.15, 0.2) is 24.3 Å². The molecule has 0 spiro atoms. The van der Waals surface area contributed by atoms with Gasteiger partial charge in [-0.15, -0.1) is 0 Å². The number of rotatable bonds is 6. The summed E-state index contributed by atoms with van der Waals surface area (Å²) in [6.45, 7) is 8.06. The summed E-state index contributed by atoms with van der Waals surface area (Å²) in [6, 6.07) is 7.88. The highest BCUT2D eigenvalue weighted by Gasteiger charge is 2.08. The van der Waals surface area contributed by atoms with Gasteiger partial charge in [0.1, 0.15) is 0 Å². The van der Waals surface area contributed by atoms with Crippen LogP contribution in [0.1, 0.15) is 26.3 Å². The fourth-order valence-electron chi connectivity index (χ4n) is 1.45. The zero-order chi connectivity index (χ0) is 12.7. The van der Waals surface area contributed by atoms with Crippen LogP contribution in [0.2, 0.25) is 0 Å². The summed E-state index contributed by atoms with van der Waals surface area (Å²) in [5.74, 6) is 0. The molecule has 0 aliphatic rings. The maximum atomic E-state index is 5.84. The molecule has 1 aromatic carbocycles. The maximum Gasteiger partial charge on any atom is 0.0707 e. The lowest BCUT2D eigenvalue weighted by Crippen LogP contribution is -2.22. The molecular formula is C14H23NO2. The maximum absolute atomic E-state index is 5.84. The molecule has 17 heavy (non-hydrogen) atoms. The summed E-state index contributed by atoms with van der Waals surface area (Å²) in [6.07, 6.45) is 0.849. The van der Waals surface area contributed by atoms with E-state index in [1.54, 1.807) is 0 Å². The Balaban J connectivity index is 2.11. The summed E-state index contributed by atoms with van der Waals surface area (Å²) in [4.78, 5) is 0. The molecule has 0 aliphatic heterocycles. The number of nitrogens with two attached hydrogens (primary N) is 1. The Labute approximate surface area is 104 Å². The number of hydrogen-bond acceptors (Lipinski definition) is 3. The molecule has 0 heterocycles. The molecule has 2 N–H and O–H groups in total. The first-order chi connectivity index (χ1) is 7.99. The summed E-state index contributed by atoms with van der Waals surface area (Å²) >= 11 is 0. The molecule has 3 heteroatoms. The highest BCUT2D eigenvalue weighted by molar-refractivity contribution is 5.46. The number of nitrogen functional groups attached to an aromatic ring is 1. The summed E-state index contributed by atoms with van der Waals surface area (Å²) in [7, 11) is 0. The molecule has 0 unspecified atom stereocenters. The molecule has 0 atom stereocenters. The van der Waals surface area contributed by atoms with Crippen molar-refractivity contribution in [3.8, 4) is 0 Å². The zero-order valence-electron chi connectivity index (χ0n) is 11.0. The third-order valence-corrected chi connectivity index (χ3v) is 2.33. The summed E-state index contributed by atoms with van der Waals surface area (Å²) in [5.41, 5.74) is 7.73. The minimum Gasteiger partial charge on any atom is -0.399 e. The first kappa shape index (κ1) is 14.0. The van der Waals surface area contributed by atoms with Gasteiger partial charge < -0.3 is 15.2 Å². The highest BCUT2D eigenvalue weighted by Crippen LogP contribution is 2.11. The van der Waals surface area contributed by atoms with Gasteiger partial charge in [-0.25, -0.2) is 0 Å². The minimum atomic E-state index is -0.0901. The predicted molar refractivity (Wildman–Crippen MR) is 71.1 cm³/mol. The molecule has 1 aromatic rings. The Bertz CT molecular complexity index is 331. The van der Waals surface area contributed by atoms with Crippen molar-refractivity contribution in [2.45, 2.75) is 32.8 Å². The normalized spacial score (nSPS) is 11.7. The number of benzene rings is 1. The topological polar surface area (TPSA) is 44.5 Å². The lowest BCUT2D eigenvalue weighted by atomic mass is 10.1. The van der Waals surface area contributed by atoms with Crippen molar-refractivity contribution < 1.29 is 9.47 Å². The quantitative estimate of drug-likeness (QED) is 0.611. The van der Waals surface area contributed by atoms with E-state index < -0.39 is 0 Å². The van der Waals surface area contributed by atoms with Crippen LogP contribution in [-0.2, 0) is 15.9 Å². The van der Waals surface area contributed by atoms with E-state index in [4.69, 9.17) is 15.2 Å². The van der Waals surface area contributed by atoms with Crippen molar-refractivity contribution in [3.63, 3.8) is 0 Å². The second-order valence-electron chi connectivity index (χ2n) is 5.02. The third kappa shape index (κ3) is 6.29. The average molecular weight is 237 g/mol. The van der Waals surface area contributed by atoms with Crippen LogP contribution in [0.5, 0.6) is 0 Å². The van der Waals surface area contributed by atoms with Gasteiger partial charge in [0.25, 0.3) is 0 Å². The van der Waals surface area contributed by atoms with Crippen LogP contribution in [0.25, 0.3) is 0 Å². The number of anilines is 1. The van der Waals surface area contributed by atoms with Crippen molar-refractivity contribution in [1.29, 1.82) is 0 Å². The Kier molecular flexibility index (Phi) is 5.45. The molecule has 0 saturated carbocycles. The Morgan fingerprint density at radius 3 is 2.41 bits per heavy atom. The predicted octanol–water partition coefficient (Wildman–Crippen LogP) is 2.64. The van der Waals surface area contributed by atoms with E-state index in [9.17, 15) is 0 Å². The first-order valence-electron chi connectivity index (χ1n) is 6.04. The van der Waals surface area contributed by atoms with Crippen molar-refractivity contribution >= 4 is 5.69 Å². The fourth-order valence-corrected chi connectivity index (χ4v) is 1.45. The van der Waals surface area contributed by atoms with Gasteiger partial charge in [-0.2, -0.15) is 0 Å². The number of hydrogen-bond donors (Lipinski definition) is 1. The molecule has 0 aliphatic carbocycles. The Morgan fingerprint density at radius 2 is 1.76 bits per heavy atom. The molecule has 3 nitrogen and oxygen atoms in total. The average Bonchev–Trinajstić information content (AvgIpc) is 2.24. The van der Waals surface area contributed by atoms with Gasteiger partial charge in [-0.1, -0.05) is 18.2 Å². The standard InChI is InChI=1S/C14H23NO2/c1-14(2,3)17-11-10-16-9-8-12-6-4-5-7-13(12)15/h4-7H,8-11,15H2,1-3H3. The molecule has 0 amide bonds. The molecule has 0 aromatic heterocycles. The smallest absolute Gasteiger partial charge is 0.0707 e. The van der Waals surface area contributed by atoms with Gasteiger partial charge in [0.2, 0.25) is 0 Å². The van der Waals surface area contributed by atoms with Crippen LogP contribution in [0, 0.1) is 0 Å². The molecule has 1 rings (SSSR count). The van der Waals surface area contributed by atoms with Gasteiger partial charge in [0, 0.05) is 5.69 Å². The van der Waals surface area contributed by atoms with Gasteiger partial charge in [-0.05, 0) is 38.8 Å². The number of para-hydroxylation sites is 1. The van der Waals surface area contributed by atoms with Crippen LogP contribution in [0.3, 0.4) is 0 Å². The highest BCUT2D eigenvalue weighted by atomic mass is 16.5. The third-order valence-electron chi connectivity index (χ3n) is 2.33. The van der Waals surface area contributed by atoms with Crippen molar-refractivity contribution in [3.05, 3.63) is 29.8 Å². The molecule has 0 bridgehead atoms. The van der Waals surface area contributed by atoms with E-state index >= 15 is 0 Å². The summed E-state index contributed by atoms with van der Waals surface area (Å²) < 4.78 is 11.1. The van der Waals surface area contributed by atoms with Gasteiger partial charge in [-0.3, -0.25) is 0 Å². The van der Waals surface area contributed by atoms with Crippen molar-refractivity contribution in [2.75, 3.05) is 25.6 Å². The van der Waals surface area contributed by atoms with Crippen LogP contribution >= 0.6 is 0 Å². The summed E-state index contributed by atoms with van der Waals surface area (Å²) in [5, 5.41) is 0. The fraction of sp³-hybridized carbons (Fsp3) is 0.571. The Morgan fingerprint density at radius 1 is 1.06 bits per heavy atom. The molecular weight excluding hydrogens is 214 g/mol. The van der Waals surface area contributed by atoms with Crippen LogP contribution in [0.4, 0.5) is 5.69 Å². The van der Waals surface area contributed by atoms with E-state index in [0.717, 1.165) is 17.7 Å². The van der Waals surface area contributed by atoms with Crippen LogP contribution in [-0.4, -0.2) is 25.4 Å². The second kappa shape index (κ2) is 6.62. The Hall–Kier alpha value is -1.06. The van der Waals surface area contributed by atoms with E-state index in [1.165, 1.54) is 0 Å². The number of ether oxygens (including phenoxy) is 2. The largest absolute Gasteiger partial charge is 0.399 e. The molecule has 0 radical (unpaired) electrons. The van der Waals surface area contributed by atoms with E-state index in [2.05, 4.69) is 0 Å². The van der Waals surface area contributed by atoms with Crippen molar-refractivity contribution in [1.82, 2.24) is 0 Å². The van der Waals surface area contributed by atoms with E-state index in [0.29, 0.717) is 19.8 Å². The molecule has 0 fully saturated rings. The van der Waals surface area contributed by atoms with Crippen molar-refractivity contribution in [2.24, 2.45) is 0 Å². The second-order valence-corrected chi connectivity index (χ2v) is 5.02. The van der Waals surface area contributed by atoms with Gasteiger partial charge in [0.05, 0.1) is 25.4 Å². The lowest BCUT2D eigenvalue weighted by Gasteiger charge is -2.19.